The lowest BCUT2D eigenvalue weighted by Crippen LogP contribution is -2.44. The SMILES string of the molecule is CC1CCN(S(=O)(=O)c2ccc3c(c2)CCCN3)C(C)C1. The largest absolute Gasteiger partial charge is 0.385 e. The second-order valence-corrected chi connectivity index (χ2v) is 8.33. The topological polar surface area (TPSA) is 49.4 Å². The van der Waals surface area contributed by atoms with Crippen molar-refractivity contribution in [1.82, 2.24) is 4.31 Å². The number of nitrogens with zero attached hydrogens (tertiary/aromatic N) is 1. The predicted molar refractivity (Wildman–Crippen MR) is 85.0 cm³/mol. The number of hydrogen-bond donors (Lipinski definition) is 1. The molecule has 0 saturated carbocycles. The molecule has 0 bridgehead atoms. The van der Waals surface area contributed by atoms with Crippen molar-refractivity contribution in [1.29, 1.82) is 0 Å². The lowest BCUT2D eigenvalue weighted by Gasteiger charge is -2.35. The Balaban J connectivity index is 1.91. The average Bonchev–Trinajstić information content (AvgIpc) is 2.46. The Morgan fingerprint density at radius 1 is 1.29 bits per heavy atom. The highest BCUT2D eigenvalue weighted by molar-refractivity contribution is 7.89. The van der Waals surface area contributed by atoms with Crippen LogP contribution in [0.1, 0.15) is 38.7 Å². The zero-order chi connectivity index (χ0) is 15.0. The van der Waals surface area contributed by atoms with Gasteiger partial charge in [-0.25, -0.2) is 8.42 Å². The molecule has 3 rings (SSSR count). The minimum absolute atomic E-state index is 0.0907. The van der Waals surface area contributed by atoms with Crippen molar-refractivity contribution in [2.75, 3.05) is 18.4 Å². The van der Waals surface area contributed by atoms with Gasteiger partial charge in [0.2, 0.25) is 10.0 Å². The summed E-state index contributed by atoms with van der Waals surface area (Å²) in [6.07, 6.45) is 3.92. The van der Waals surface area contributed by atoms with Crippen LogP contribution in [0.25, 0.3) is 0 Å². The second-order valence-electron chi connectivity index (χ2n) is 6.44. The van der Waals surface area contributed by atoms with Gasteiger partial charge in [-0.3, -0.25) is 0 Å². The first-order valence-electron chi connectivity index (χ1n) is 7.87. The van der Waals surface area contributed by atoms with Crippen LogP contribution < -0.4 is 5.32 Å². The summed E-state index contributed by atoms with van der Waals surface area (Å²) in [5.41, 5.74) is 2.21. The third-order valence-electron chi connectivity index (χ3n) is 4.70. The molecule has 1 saturated heterocycles. The average molecular weight is 308 g/mol. The molecule has 116 valence electrons. The van der Waals surface area contributed by atoms with Crippen LogP contribution >= 0.6 is 0 Å². The van der Waals surface area contributed by atoms with Crippen molar-refractivity contribution in [3.05, 3.63) is 23.8 Å². The maximum Gasteiger partial charge on any atom is 0.243 e. The van der Waals surface area contributed by atoms with Gasteiger partial charge in [0.15, 0.2) is 0 Å². The van der Waals surface area contributed by atoms with E-state index in [9.17, 15) is 8.42 Å². The zero-order valence-corrected chi connectivity index (χ0v) is 13.6. The first-order chi connectivity index (χ1) is 9.98. The van der Waals surface area contributed by atoms with E-state index in [1.54, 1.807) is 10.4 Å². The maximum atomic E-state index is 12.9. The monoisotopic (exact) mass is 308 g/mol. The molecule has 21 heavy (non-hydrogen) atoms. The van der Waals surface area contributed by atoms with Crippen molar-refractivity contribution in [2.45, 2.75) is 50.5 Å². The van der Waals surface area contributed by atoms with Crippen molar-refractivity contribution in [3.8, 4) is 0 Å². The minimum Gasteiger partial charge on any atom is -0.385 e. The van der Waals surface area contributed by atoms with Crippen LogP contribution in [0.4, 0.5) is 5.69 Å². The molecule has 1 fully saturated rings. The molecule has 4 nitrogen and oxygen atoms in total. The van der Waals surface area contributed by atoms with Crippen molar-refractivity contribution >= 4 is 15.7 Å². The van der Waals surface area contributed by atoms with E-state index in [4.69, 9.17) is 0 Å². The van der Waals surface area contributed by atoms with Gasteiger partial charge in [0.25, 0.3) is 0 Å². The molecule has 2 unspecified atom stereocenters. The van der Waals surface area contributed by atoms with Gasteiger partial charge in [0, 0.05) is 24.8 Å². The Hall–Kier alpha value is -1.07. The van der Waals surface area contributed by atoms with Gasteiger partial charge in [-0.05, 0) is 62.3 Å². The summed E-state index contributed by atoms with van der Waals surface area (Å²) in [6, 6.07) is 5.62. The van der Waals surface area contributed by atoms with Crippen molar-refractivity contribution in [3.63, 3.8) is 0 Å². The van der Waals surface area contributed by atoms with Gasteiger partial charge in [-0.2, -0.15) is 4.31 Å². The predicted octanol–water partition coefficient (Wildman–Crippen LogP) is 2.85. The molecular weight excluding hydrogens is 284 g/mol. The molecular formula is C16H24N2O2S. The maximum absolute atomic E-state index is 12.9. The van der Waals surface area contributed by atoms with Crippen LogP contribution in [0.5, 0.6) is 0 Å². The van der Waals surface area contributed by atoms with E-state index in [1.165, 1.54) is 0 Å². The zero-order valence-electron chi connectivity index (χ0n) is 12.8. The second kappa shape index (κ2) is 5.61. The van der Waals surface area contributed by atoms with E-state index in [2.05, 4.69) is 12.2 Å². The summed E-state index contributed by atoms with van der Waals surface area (Å²) in [6.45, 7) is 5.83. The molecule has 0 spiro atoms. The quantitative estimate of drug-likeness (QED) is 0.914. The lowest BCUT2D eigenvalue weighted by atomic mass is 9.95. The normalized spacial score (nSPS) is 27.0. The number of benzene rings is 1. The summed E-state index contributed by atoms with van der Waals surface area (Å²) in [5, 5.41) is 3.33. The Morgan fingerprint density at radius 2 is 2.10 bits per heavy atom. The highest BCUT2D eigenvalue weighted by Gasteiger charge is 2.33. The van der Waals surface area contributed by atoms with Crippen LogP contribution in [-0.4, -0.2) is 31.9 Å². The smallest absolute Gasteiger partial charge is 0.243 e. The van der Waals surface area contributed by atoms with E-state index in [1.807, 2.05) is 19.1 Å². The van der Waals surface area contributed by atoms with Gasteiger partial charge in [0.1, 0.15) is 0 Å². The van der Waals surface area contributed by atoms with E-state index in [0.29, 0.717) is 17.4 Å². The molecule has 0 aromatic heterocycles. The Kier molecular flexibility index (Phi) is 3.97. The molecule has 1 aromatic rings. The fraction of sp³-hybridized carbons (Fsp3) is 0.625. The number of aryl methyl sites for hydroxylation is 1. The third-order valence-corrected chi connectivity index (χ3v) is 6.71. The molecule has 1 N–H and O–H groups in total. The number of fused-ring (bicyclic) bond motifs is 1. The fourth-order valence-corrected chi connectivity index (χ4v) is 5.20. The molecule has 2 heterocycles. The van der Waals surface area contributed by atoms with Gasteiger partial charge in [-0.15, -0.1) is 0 Å². The van der Waals surface area contributed by atoms with E-state index in [-0.39, 0.29) is 6.04 Å². The number of piperidine rings is 1. The number of sulfonamides is 1. The van der Waals surface area contributed by atoms with Gasteiger partial charge >= 0.3 is 0 Å². The van der Waals surface area contributed by atoms with Crippen LogP contribution in [-0.2, 0) is 16.4 Å². The molecule has 2 aliphatic heterocycles. The summed E-state index contributed by atoms with van der Waals surface area (Å²) >= 11 is 0. The number of hydrogen-bond acceptors (Lipinski definition) is 3. The van der Waals surface area contributed by atoms with E-state index >= 15 is 0 Å². The van der Waals surface area contributed by atoms with Gasteiger partial charge in [0.05, 0.1) is 4.90 Å². The summed E-state index contributed by atoms with van der Waals surface area (Å²) in [5.74, 6) is 0.610. The number of rotatable bonds is 2. The number of nitrogens with one attached hydrogen (secondary N) is 1. The molecule has 1 aromatic carbocycles. The van der Waals surface area contributed by atoms with Crippen LogP contribution in [0, 0.1) is 5.92 Å². The Labute approximate surface area is 127 Å². The minimum atomic E-state index is -3.36. The first-order valence-corrected chi connectivity index (χ1v) is 9.31. The molecule has 5 heteroatoms. The lowest BCUT2D eigenvalue weighted by molar-refractivity contribution is 0.220. The molecule has 0 aliphatic carbocycles. The highest BCUT2D eigenvalue weighted by atomic mass is 32.2. The molecule has 0 amide bonds. The van der Waals surface area contributed by atoms with Crippen molar-refractivity contribution < 1.29 is 8.42 Å². The van der Waals surface area contributed by atoms with Crippen LogP contribution in [0.3, 0.4) is 0 Å². The molecule has 0 radical (unpaired) electrons. The summed E-state index contributed by atoms with van der Waals surface area (Å²) in [7, 11) is -3.36. The van der Waals surface area contributed by atoms with Gasteiger partial charge in [-0.1, -0.05) is 6.92 Å². The summed E-state index contributed by atoms with van der Waals surface area (Å²) in [4.78, 5) is 0.450. The Morgan fingerprint density at radius 3 is 2.86 bits per heavy atom. The fourth-order valence-electron chi connectivity index (χ4n) is 3.49. The molecule has 2 aliphatic rings. The summed E-state index contributed by atoms with van der Waals surface area (Å²) < 4.78 is 27.5. The van der Waals surface area contributed by atoms with Crippen LogP contribution in [0.15, 0.2) is 23.1 Å². The highest BCUT2D eigenvalue weighted by Crippen LogP contribution is 2.31. The third kappa shape index (κ3) is 2.81. The molecule has 2 atom stereocenters. The number of anilines is 1. The van der Waals surface area contributed by atoms with E-state index < -0.39 is 10.0 Å². The van der Waals surface area contributed by atoms with Crippen molar-refractivity contribution in [2.24, 2.45) is 5.92 Å². The Bertz CT molecular complexity index is 627. The van der Waals surface area contributed by atoms with E-state index in [0.717, 1.165) is 43.5 Å². The first kappa shape index (κ1) is 14.9. The van der Waals surface area contributed by atoms with Gasteiger partial charge < -0.3 is 5.32 Å². The standard InChI is InChI=1S/C16H24N2O2S/c1-12-7-9-18(13(2)10-12)21(19,20)15-5-6-16-14(11-15)4-3-8-17-16/h5-6,11-13,17H,3-4,7-10H2,1-2H3. The van der Waals surface area contributed by atoms with Crippen LogP contribution in [0.2, 0.25) is 0 Å².